The van der Waals surface area contributed by atoms with E-state index in [1.54, 1.807) is 0 Å². The Hall–Kier alpha value is -0.0800. The van der Waals surface area contributed by atoms with E-state index in [0.717, 1.165) is 31.6 Å². The molecule has 1 N–H and O–H groups in total. The number of fused-ring (bicyclic) bond motifs is 2. The Bertz CT molecular complexity index is 530. The largest absolute Gasteiger partial charge is 0.365 e. The third kappa shape index (κ3) is 4.92. The minimum absolute atomic E-state index is 0.0652. The summed E-state index contributed by atoms with van der Waals surface area (Å²) in [7, 11) is 0. The van der Waals surface area contributed by atoms with E-state index in [0.29, 0.717) is 11.3 Å². The van der Waals surface area contributed by atoms with Crippen LogP contribution in [0.5, 0.6) is 0 Å². The third-order valence-corrected chi connectivity index (χ3v) is 7.74. The van der Waals surface area contributed by atoms with Gasteiger partial charge in [0.05, 0.1) is 5.60 Å². The van der Waals surface area contributed by atoms with Crippen molar-refractivity contribution in [3.8, 4) is 0 Å². The first-order valence-corrected chi connectivity index (χ1v) is 11.2. The molecule has 27 heavy (non-hydrogen) atoms. The average molecular weight is 381 g/mol. The molecule has 0 aromatic heterocycles. The van der Waals surface area contributed by atoms with Crippen LogP contribution in [0.4, 0.5) is 0 Å². The molecule has 0 aromatic rings. The fourth-order valence-corrected chi connectivity index (χ4v) is 6.85. The molecule has 5 atom stereocenters. The first-order chi connectivity index (χ1) is 11.8. The van der Waals surface area contributed by atoms with Crippen LogP contribution in [-0.4, -0.2) is 16.5 Å². The van der Waals surface area contributed by atoms with Gasteiger partial charge in [0.25, 0.3) is 0 Å². The highest BCUT2D eigenvalue weighted by Gasteiger charge is 2.58. The van der Waals surface area contributed by atoms with Crippen LogP contribution in [0.3, 0.4) is 0 Å². The van der Waals surface area contributed by atoms with Gasteiger partial charge in [-0.3, -0.25) is 0 Å². The Morgan fingerprint density at radius 3 is 1.96 bits per heavy atom. The van der Waals surface area contributed by atoms with Gasteiger partial charge in [0.15, 0.2) is 5.79 Å². The number of hydrogen-bond acceptors (Lipinski definition) is 2. The first-order valence-electron chi connectivity index (χ1n) is 11.2. The van der Waals surface area contributed by atoms with E-state index < -0.39 is 5.79 Å². The van der Waals surface area contributed by atoms with Crippen LogP contribution < -0.4 is 0 Å². The van der Waals surface area contributed by atoms with E-state index in [4.69, 9.17) is 4.74 Å². The smallest absolute Gasteiger partial charge is 0.169 e. The monoisotopic (exact) mass is 380 g/mol. The number of rotatable bonds is 4. The zero-order valence-corrected chi connectivity index (χ0v) is 20.3. The minimum atomic E-state index is -1.16. The van der Waals surface area contributed by atoms with Gasteiger partial charge in [-0.05, 0) is 73.5 Å². The van der Waals surface area contributed by atoms with Gasteiger partial charge in [-0.1, -0.05) is 69.2 Å². The Kier molecular flexibility index (Phi) is 5.78. The predicted octanol–water partition coefficient (Wildman–Crippen LogP) is 7.20. The molecule has 0 amide bonds. The van der Waals surface area contributed by atoms with Crippen LogP contribution in [0, 0.1) is 33.5 Å². The standard InChI is InChI=1S/C25H48O2/c1-18-12-19-14-22(8,9)17-25(13-18,15-19)27-24(11,26)23(10,21(5,6)7)16-20(2,3)4/h18-19,26H,12-17H2,1-11H3. The molecule has 0 spiro atoms. The van der Waals surface area contributed by atoms with Crippen LogP contribution in [0.25, 0.3) is 0 Å². The summed E-state index contributed by atoms with van der Waals surface area (Å²) in [5, 5.41) is 11.9. The molecular formula is C25H48O2. The van der Waals surface area contributed by atoms with Gasteiger partial charge < -0.3 is 9.84 Å². The second-order valence-corrected chi connectivity index (χ2v) is 13.7. The Morgan fingerprint density at radius 2 is 1.48 bits per heavy atom. The lowest BCUT2D eigenvalue weighted by Gasteiger charge is -2.60. The van der Waals surface area contributed by atoms with Crippen LogP contribution in [0.2, 0.25) is 0 Å². The molecular weight excluding hydrogens is 332 g/mol. The fourth-order valence-electron chi connectivity index (χ4n) is 6.85. The van der Waals surface area contributed by atoms with Gasteiger partial charge in [0.1, 0.15) is 0 Å². The van der Waals surface area contributed by atoms with Gasteiger partial charge in [-0.25, -0.2) is 0 Å². The van der Waals surface area contributed by atoms with Crippen molar-refractivity contribution in [1.82, 2.24) is 0 Å². The Morgan fingerprint density at radius 1 is 0.926 bits per heavy atom. The highest BCUT2D eigenvalue weighted by Crippen LogP contribution is 2.59. The Labute approximate surface area is 169 Å². The molecule has 2 heteroatoms. The summed E-state index contributed by atoms with van der Waals surface area (Å²) in [5.41, 5.74) is -0.171. The number of aliphatic hydroxyl groups is 1. The van der Waals surface area contributed by atoms with Crippen LogP contribution in [0.15, 0.2) is 0 Å². The van der Waals surface area contributed by atoms with E-state index in [9.17, 15) is 5.11 Å². The minimum Gasteiger partial charge on any atom is -0.365 e. The molecule has 2 saturated carbocycles. The van der Waals surface area contributed by atoms with E-state index in [1.807, 2.05) is 6.92 Å². The zero-order chi connectivity index (χ0) is 21.1. The van der Waals surface area contributed by atoms with E-state index in [-0.39, 0.29) is 21.8 Å². The molecule has 2 aliphatic carbocycles. The summed E-state index contributed by atoms with van der Waals surface area (Å²) in [4.78, 5) is 0. The molecule has 2 bridgehead atoms. The predicted molar refractivity (Wildman–Crippen MR) is 116 cm³/mol. The molecule has 5 unspecified atom stereocenters. The van der Waals surface area contributed by atoms with Gasteiger partial charge >= 0.3 is 0 Å². The maximum Gasteiger partial charge on any atom is 0.169 e. The lowest BCUT2D eigenvalue weighted by atomic mass is 9.55. The van der Waals surface area contributed by atoms with E-state index >= 15 is 0 Å². The molecule has 2 rings (SSSR count). The van der Waals surface area contributed by atoms with Crippen LogP contribution in [0.1, 0.15) is 115 Å². The van der Waals surface area contributed by atoms with Gasteiger partial charge in [-0.15, -0.1) is 0 Å². The highest BCUT2D eigenvalue weighted by molar-refractivity contribution is 5.04. The molecule has 160 valence electrons. The van der Waals surface area contributed by atoms with Crippen molar-refractivity contribution < 1.29 is 9.84 Å². The van der Waals surface area contributed by atoms with Crippen molar-refractivity contribution in [1.29, 1.82) is 0 Å². The summed E-state index contributed by atoms with van der Waals surface area (Å²) in [6, 6.07) is 0. The molecule has 0 aliphatic heterocycles. The molecule has 0 saturated heterocycles. The van der Waals surface area contributed by atoms with Crippen LogP contribution >= 0.6 is 0 Å². The van der Waals surface area contributed by atoms with Crippen molar-refractivity contribution in [2.45, 2.75) is 126 Å². The summed E-state index contributed by atoms with van der Waals surface area (Å²) in [6.45, 7) is 24.9. The van der Waals surface area contributed by atoms with Crippen LogP contribution in [-0.2, 0) is 4.74 Å². The van der Waals surface area contributed by atoms with Crippen molar-refractivity contribution >= 4 is 0 Å². The van der Waals surface area contributed by atoms with Crippen molar-refractivity contribution in [2.75, 3.05) is 0 Å². The number of ether oxygens (including phenoxy) is 1. The summed E-state index contributed by atoms with van der Waals surface area (Å²) >= 11 is 0. The lowest BCUT2D eigenvalue weighted by Crippen LogP contribution is -2.61. The second-order valence-electron chi connectivity index (χ2n) is 13.7. The average Bonchev–Trinajstić information content (AvgIpc) is 2.29. The lowest BCUT2D eigenvalue weighted by molar-refractivity contribution is -0.350. The van der Waals surface area contributed by atoms with Gasteiger partial charge in [0.2, 0.25) is 0 Å². The fraction of sp³-hybridized carbons (Fsp3) is 1.00. The number of hydrogen-bond donors (Lipinski definition) is 1. The molecule has 2 fully saturated rings. The second kappa shape index (κ2) is 6.73. The van der Waals surface area contributed by atoms with Crippen molar-refractivity contribution in [3.63, 3.8) is 0 Å². The topological polar surface area (TPSA) is 29.5 Å². The van der Waals surface area contributed by atoms with E-state index in [2.05, 4.69) is 69.2 Å². The molecule has 0 radical (unpaired) electrons. The molecule has 2 aliphatic rings. The Balaban J connectivity index is 2.41. The molecule has 0 aromatic carbocycles. The van der Waals surface area contributed by atoms with Crippen molar-refractivity contribution in [3.05, 3.63) is 0 Å². The summed E-state index contributed by atoms with van der Waals surface area (Å²) in [6.07, 6.45) is 6.80. The van der Waals surface area contributed by atoms with Gasteiger partial charge in [-0.2, -0.15) is 0 Å². The van der Waals surface area contributed by atoms with E-state index in [1.165, 1.54) is 12.8 Å². The normalized spacial score (nSPS) is 36.0. The zero-order valence-electron chi connectivity index (χ0n) is 20.3. The summed E-state index contributed by atoms with van der Waals surface area (Å²) < 4.78 is 6.94. The summed E-state index contributed by atoms with van der Waals surface area (Å²) in [5.74, 6) is 0.254. The highest BCUT2D eigenvalue weighted by atomic mass is 16.6. The SMILES string of the molecule is CC1CC2CC(C)(C)CC(OC(C)(O)C(C)(CC(C)(C)C)C(C)(C)C)(C1)C2. The molecule has 2 nitrogen and oxygen atoms in total. The maximum atomic E-state index is 11.9. The first kappa shape index (κ1) is 23.2. The molecule has 0 heterocycles. The third-order valence-electron chi connectivity index (χ3n) is 7.74. The quantitative estimate of drug-likeness (QED) is 0.523. The van der Waals surface area contributed by atoms with Crippen molar-refractivity contribution in [2.24, 2.45) is 33.5 Å². The van der Waals surface area contributed by atoms with Gasteiger partial charge in [0, 0.05) is 5.41 Å². The maximum absolute atomic E-state index is 11.9.